The molecule has 3 nitrogen and oxygen atoms in total. The highest BCUT2D eigenvalue weighted by atomic mass is 32.2. The van der Waals surface area contributed by atoms with Crippen LogP contribution in [0.2, 0.25) is 0 Å². The van der Waals surface area contributed by atoms with Crippen molar-refractivity contribution >= 4 is 17.6 Å². The van der Waals surface area contributed by atoms with Crippen LogP contribution < -0.4 is 5.32 Å². The number of nitrogens with zero attached hydrogens (tertiary/aromatic N) is 1. The van der Waals surface area contributed by atoms with E-state index in [0.717, 1.165) is 12.1 Å². The molecule has 0 aromatic carbocycles. The van der Waals surface area contributed by atoms with Crippen LogP contribution >= 0.6 is 11.8 Å². The van der Waals surface area contributed by atoms with Gasteiger partial charge in [-0.25, -0.2) is 4.98 Å². The number of ether oxygens (including phenoxy) is 1. The van der Waals surface area contributed by atoms with Crippen LogP contribution in [0.4, 0.5) is 19.0 Å². The Labute approximate surface area is 107 Å². The standard InChI is InChI=1S/C11H13F3N2OS/c1-2-15-9-3-7(11(12,13)14)4-10(16-9)18-8-5-17-6-8/h3-4,8H,2,5-6H2,1H3,(H,15,16). The number of aromatic nitrogens is 1. The minimum Gasteiger partial charge on any atom is -0.379 e. The molecule has 0 atom stereocenters. The number of hydrogen-bond acceptors (Lipinski definition) is 4. The number of thioether (sulfide) groups is 1. The first-order valence-corrected chi connectivity index (χ1v) is 6.44. The Balaban J connectivity index is 2.23. The first kappa shape index (κ1) is 13.5. The topological polar surface area (TPSA) is 34.1 Å². The Morgan fingerprint density at radius 3 is 2.67 bits per heavy atom. The van der Waals surface area contributed by atoms with Crippen LogP contribution in [0.5, 0.6) is 0 Å². The van der Waals surface area contributed by atoms with Gasteiger partial charge in [-0.1, -0.05) is 11.8 Å². The summed E-state index contributed by atoms with van der Waals surface area (Å²) in [5.74, 6) is 0.259. The van der Waals surface area contributed by atoms with Crippen LogP contribution in [-0.4, -0.2) is 30.0 Å². The fourth-order valence-corrected chi connectivity index (χ4v) is 2.47. The van der Waals surface area contributed by atoms with Gasteiger partial charge in [0.2, 0.25) is 0 Å². The molecule has 0 unspecified atom stereocenters. The minimum absolute atomic E-state index is 0.204. The molecule has 0 aliphatic carbocycles. The molecule has 2 heterocycles. The zero-order chi connectivity index (χ0) is 13.2. The lowest BCUT2D eigenvalue weighted by atomic mass is 10.2. The van der Waals surface area contributed by atoms with Crippen LogP contribution in [0, 0.1) is 0 Å². The second-order valence-electron chi connectivity index (χ2n) is 3.88. The van der Waals surface area contributed by atoms with Crippen molar-refractivity contribution < 1.29 is 17.9 Å². The van der Waals surface area contributed by atoms with Gasteiger partial charge in [-0.05, 0) is 19.1 Å². The summed E-state index contributed by atoms with van der Waals surface area (Å²) in [6, 6.07) is 2.12. The van der Waals surface area contributed by atoms with Crippen LogP contribution in [0.25, 0.3) is 0 Å². The zero-order valence-electron chi connectivity index (χ0n) is 9.75. The molecule has 0 radical (unpaired) electrons. The smallest absolute Gasteiger partial charge is 0.379 e. The molecular formula is C11H13F3N2OS. The Morgan fingerprint density at radius 1 is 1.44 bits per heavy atom. The highest BCUT2D eigenvalue weighted by Crippen LogP contribution is 2.35. The first-order chi connectivity index (χ1) is 8.49. The van der Waals surface area contributed by atoms with Gasteiger partial charge in [0, 0.05) is 6.54 Å². The first-order valence-electron chi connectivity index (χ1n) is 5.56. The summed E-state index contributed by atoms with van der Waals surface area (Å²) < 4.78 is 43.2. The fourth-order valence-electron chi connectivity index (χ4n) is 1.45. The third-order valence-electron chi connectivity index (χ3n) is 2.38. The van der Waals surface area contributed by atoms with E-state index < -0.39 is 11.7 Å². The lowest BCUT2D eigenvalue weighted by molar-refractivity contribution is -0.137. The summed E-state index contributed by atoms with van der Waals surface area (Å²) >= 11 is 1.32. The van der Waals surface area contributed by atoms with E-state index in [0.29, 0.717) is 24.8 Å². The Morgan fingerprint density at radius 2 is 2.17 bits per heavy atom. The van der Waals surface area contributed by atoms with Crippen LogP contribution in [0.3, 0.4) is 0 Å². The predicted molar refractivity (Wildman–Crippen MR) is 63.9 cm³/mol. The molecule has 1 fully saturated rings. The van der Waals surface area contributed by atoms with E-state index in [1.807, 2.05) is 6.92 Å². The molecular weight excluding hydrogens is 265 g/mol. The molecule has 0 saturated carbocycles. The zero-order valence-corrected chi connectivity index (χ0v) is 10.6. The summed E-state index contributed by atoms with van der Waals surface area (Å²) in [4.78, 5) is 4.15. The molecule has 100 valence electrons. The van der Waals surface area contributed by atoms with Crippen LogP contribution in [0.15, 0.2) is 17.2 Å². The van der Waals surface area contributed by atoms with Gasteiger partial charge < -0.3 is 10.1 Å². The fraction of sp³-hybridized carbons (Fsp3) is 0.545. The maximum absolute atomic E-state index is 12.7. The molecule has 7 heteroatoms. The summed E-state index contributed by atoms with van der Waals surface area (Å²) in [5.41, 5.74) is -0.670. The largest absolute Gasteiger partial charge is 0.416 e. The van der Waals surface area contributed by atoms with Gasteiger partial charge in [-0.15, -0.1) is 0 Å². The molecule has 1 N–H and O–H groups in total. The Hall–Kier alpha value is -0.950. The van der Waals surface area contributed by atoms with Crippen molar-refractivity contribution in [2.45, 2.75) is 23.4 Å². The van der Waals surface area contributed by atoms with Crippen LogP contribution in [0.1, 0.15) is 12.5 Å². The molecule has 0 spiro atoms. The van der Waals surface area contributed by atoms with E-state index in [2.05, 4.69) is 10.3 Å². The molecule has 0 amide bonds. The molecule has 1 saturated heterocycles. The maximum atomic E-state index is 12.7. The number of halogens is 3. The average molecular weight is 278 g/mol. The van der Waals surface area contributed by atoms with Crippen molar-refractivity contribution in [2.75, 3.05) is 25.1 Å². The third-order valence-corrected chi connectivity index (χ3v) is 3.44. The number of pyridine rings is 1. The van der Waals surface area contributed by atoms with Gasteiger partial charge in [0.25, 0.3) is 0 Å². The van der Waals surface area contributed by atoms with Gasteiger partial charge >= 0.3 is 6.18 Å². The number of rotatable bonds is 4. The normalized spacial score (nSPS) is 16.4. The maximum Gasteiger partial charge on any atom is 0.416 e. The third kappa shape index (κ3) is 3.29. The Bertz CT molecular complexity index is 421. The van der Waals surface area contributed by atoms with Crippen molar-refractivity contribution in [2.24, 2.45) is 0 Å². The van der Waals surface area contributed by atoms with E-state index in [4.69, 9.17) is 4.74 Å². The van der Waals surface area contributed by atoms with Gasteiger partial charge in [0.15, 0.2) is 0 Å². The number of alkyl halides is 3. The summed E-state index contributed by atoms with van der Waals surface area (Å²) in [6.45, 7) is 3.48. The van der Waals surface area contributed by atoms with Crippen molar-refractivity contribution in [3.63, 3.8) is 0 Å². The number of nitrogens with one attached hydrogen (secondary N) is 1. The molecule has 18 heavy (non-hydrogen) atoms. The average Bonchev–Trinajstić information content (AvgIpc) is 2.23. The van der Waals surface area contributed by atoms with Gasteiger partial charge in [-0.3, -0.25) is 0 Å². The van der Waals surface area contributed by atoms with Crippen molar-refractivity contribution in [3.8, 4) is 0 Å². The molecule has 1 aliphatic heterocycles. The van der Waals surface area contributed by atoms with Crippen molar-refractivity contribution in [1.82, 2.24) is 4.98 Å². The SMILES string of the molecule is CCNc1cc(C(F)(F)F)cc(SC2COC2)n1. The van der Waals surface area contributed by atoms with Crippen molar-refractivity contribution in [3.05, 3.63) is 17.7 Å². The highest BCUT2D eigenvalue weighted by molar-refractivity contribution is 8.00. The quantitative estimate of drug-likeness (QED) is 0.918. The second-order valence-corrected chi connectivity index (χ2v) is 5.21. The lowest BCUT2D eigenvalue weighted by Crippen LogP contribution is -2.30. The van der Waals surface area contributed by atoms with Crippen LogP contribution in [-0.2, 0) is 10.9 Å². The minimum atomic E-state index is -4.35. The molecule has 1 aliphatic rings. The second kappa shape index (κ2) is 5.36. The summed E-state index contributed by atoms with van der Waals surface area (Å²) in [7, 11) is 0. The Kier molecular flexibility index (Phi) is 4.01. The van der Waals surface area contributed by atoms with Gasteiger partial charge in [0.05, 0.1) is 29.1 Å². The summed E-state index contributed by atoms with van der Waals surface area (Å²) in [5, 5.41) is 3.40. The number of hydrogen-bond donors (Lipinski definition) is 1. The van der Waals surface area contributed by atoms with E-state index in [1.54, 1.807) is 0 Å². The predicted octanol–water partition coefficient (Wildman–Crippen LogP) is 3.02. The molecule has 1 aromatic rings. The lowest BCUT2D eigenvalue weighted by Gasteiger charge is -2.25. The number of anilines is 1. The molecule has 0 bridgehead atoms. The highest BCUT2D eigenvalue weighted by Gasteiger charge is 2.32. The van der Waals surface area contributed by atoms with E-state index >= 15 is 0 Å². The van der Waals surface area contributed by atoms with E-state index in [-0.39, 0.29) is 11.1 Å². The van der Waals surface area contributed by atoms with E-state index in [9.17, 15) is 13.2 Å². The molecule has 1 aromatic heterocycles. The summed E-state index contributed by atoms with van der Waals surface area (Å²) in [6.07, 6.45) is -4.35. The van der Waals surface area contributed by atoms with Gasteiger partial charge in [-0.2, -0.15) is 13.2 Å². The van der Waals surface area contributed by atoms with Crippen molar-refractivity contribution in [1.29, 1.82) is 0 Å². The molecule has 2 rings (SSSR count). The van der Waals surface area contributed by atoms with E-state index in [1.165, 1.54) is 11.8 Å². The van der Waals surface area contributed by atoms with Gasteiger partial charge in [0.1, 0.15) is 5.82 Å². The monoisotopic (exact) mass is 278 g/mol.